The monoisotopic (exact) mass is 530 g/mol. The SMILES string of the molecule is Cc1noc(C)c1NC(=O)Nc1cccc2c1O[C@H](CN(C)C(=O)NC(C)C)[C@@H](C)CN([C@@H](C)CO)C2=O. The molecule has 1 aliphatic heterocycles. The number of aryl methyl sites for hydroxylation is 2. The van der Waals surface area contributed by atoms with Gasteiger partial charge in [-0.2, -0.15) is 0 Å². The number of likely N-dealkylation sites (N-methyl/N-ethyl adjacent to an activating group) is 1. The fraction of sp³-hybridized carbons (Fsp3) is 0.538. The van der Waals surface area contributed by atoms with Crippen LogP contribution in [0.1, 0.15) is 49.5 Å². The molecule has 0 unspecified atom stereocenters. The van der Waals surface area contributed by atoms with Gasteiger partial charge in [0.15, 0.2) is 11.5 Å². The van der Waals surface area contributed by atoms with Crippen LogP contribution in [0.25, 0.3) is 0 Å². The van der Waals surface area contributed by atoms with Gasteiger partial charge in [-0.25, -0.2) is 9.59 Å². The Hall–Kier alpha value is -3.80. The average Bonchev–Trinajstić information content (AvgIpc) is 3.17. The number of urea groups is 2. The summed E-state index contributed by atoms with van der Waals surface area (Å²) in [6.07, 6.45) is -0.522. The van der Waals surface area contributed by atoms with Crippen molar-refractivity contribution >= 4 is 29.3 Å². The first kappa shape index (κ1) is 28.8. The topological polar surface area (TPSA) is 149 Å². The lowest BCUT2D eigenvalue weighted by molar-refractivity contribution is 0.0368. The Morgan fingerprint density at radius 1 is 1.24 bits per heavy atom. The third-order valence-corrected chi connectivity index (χ3v) is 6.42. The molecule has 3 rings (SSSR count). The number of benzene rings is 1. The van der Waals surface area contributed by atoms with Gasteiger partial charge in [-0.1, -0.05) is 18.1 Å². The second kappa shape index (κ2) is 12.2. The van der Waals surface area contributed by atoms with Crippen LogP contribution in [0.3, 0.4) is 0 Å². The zero-order chi connectivity index (χ0) is 28.1. The number of hydrogen-bond donors (Lipinski definition) is 4. The van der Waals surface area contributed by atoms with Crippen LogP contribution >= 0.6 is 0 Å². The van der Waals surface area contributed by atoms with E-state index in [1.54, 1.807) is 50.9 Å². The Morgan fingerprint density at radius 3 is 2.55 bits per heavy atom. The number of aliphatic hydroxyl groups is 1. The van der Waals surface area contributed by atoms with Crippen LogP contribution in [0, 0.1) is 19.8 Å². The molecule has 12 heteroatoms. The Labute approximate surface area is 222 Å². The number of ether oxygens (including phenoxy) is 1. The summed E-state index contributed by atoms with van der Waals surface area (Å²) in [5.41, 5.74) is 1.50. The van der Waals surface area contributed by atoms with E-state index in [0.717, 1.165) is 0 Å². The Morgan fingerprint density at radius 2 is 1.95 bits per heavy atom. The molecule has 4 N–H and O–H groups in total. The van der Waals surface area contributed by atoms with Crippen LogP contribution in [-0.2, 0) is 0 Å². The number of aromatic nitrogens is 1. The van der Waals surface area contributed by atoms with Crippen molar-refractivity contribution in [3.05, 3.63) is 35.2 Å². The summed E-state index contributed by atoms with van der Waals surface area (Å²) in [6, 6.07) is 3.61. The standard InChI is InChI=1S/C26H38N6O6/c1-14(2)27-26(36)31(7)12-21-15(3)11-32(16(4)13-33)24(34)19-9-8-10-20(23(19)37-21)28-25(35)29-22-17(5)30-38-18(22)6/h8-10,14-16,21,33H,11-13H2,1-7H3,(H,27,36)(H2,28,29,35)/t15-,16-,21+/m0/s1. The second-order valence-corrected chi connectivity index (χ2v) is 10.1. The summed E-state index contributed by atoms with van der Waals surface area (Å²) in [5.74, 6) is 0.112. The highest BCUT2D eigenvalue weighted by atomic mass is 16.5. The summed E-state index contributed by atoms with van der Waals surface area (Å²) in [6.45, 7) is 11.2. The van der Waals surface area contributed by atoms with Crippen LogP contribution in [0.2, 0.25) is 0 Å². The van der Waals surface area contributed by atoms with Gasteiger partial charge in [0, 0.05) is 25.6 Å². The quantitative estimate of drug-likeness (QED) is 0.429. The van der Waals surface area contributed by atoms with Crippen molar-refractivity contribution in [2.24, 2.45) is 5.92 Å². The number of carbonyl (C=O) groups is 3. The van der Waals surface area contributed by atoms with E-state index in [4.69, 9.17) is 9.26 Å². The molecule has 0 saturated heterocycles. The lowest BCUT2D eigenvalue weighted by Crippen LogP contribution is -2.51. The summed E-state index contributed by atoms with van der Waals surface area (Å²) in [5, 5.41) is 22.0. The molecule has 0 bridgehead atoms. The van der Waals surface area contributed by atoms with E-state index >= 15 is 0 Å². The molecule has 0 aliphatic carbocycles. The number of anilines is 2. The largest absolute Gasteiger partial charge is 0.485 e. The average molecular weight is 531 g/mol. The lowest BCUT2D eigenvalue weighted by Gasteiger charge is -2.38. The fourth-order valence-electron chi connectivity index (χ4n) is 4.20. The first-order chi connectivity index (χ1) is 17.9. The molecule has 1 aliphatic rings. The maximum absolute atomic E-state index is 13.6. The molecular weight excluding hydrogens is 492 g/mol. The zero-order valence-corrected chi connectivity index (χ0v) is 23.0. The molecule has 5 amide bonds. The van der Waals surface area contributed by atoms with Gasteiger partial charge in [0.25, 0.3) is 5.91 Å². The highest BCUT2D eigenvalue weighted by Crippen LogP contribution is 2.35. The van der Waals surface area contributed by atoms with Crippen molar-refractivity contribution in [3.63, 3.8) is 0 Å². The molecule has 1 aromatic carbocycles. The van der Waals surface area contributed by atoms with Crippen molar-refractivity contribution in [2.75, 3.05) is 37.4 Å². The minimum absolute atomic E-state index is 0.0353. The summed E-state index contributed by atoms with van der Waals surface area (Å²) < 4.78 is 11.5. The van der Waals surface area contributed by atoms with Crippen molar-refractivity contribution in [2.45, 2.75) is 59.7 Å². The second-order valence-electron chi connectivity index (χ2n) is 10.1. The van der Waals surface area contributed by atoms with E-state index in [1.165, 1.54) is 4.90 Å². The van der Waals surface area contributed by atoms with Crippen molar-refractivity contribution in [1.29, 1.82) is 0 Å². The zero-order valence-electron chi connectivity index (χ0n) is 23.0. The Balaban J connectivity index is 1.97. The summed E-state index contributed by atoms with van der Waals surface area (Å²) in [7, 11) is 1.67. The van der Waals surface area contributed by atoms with Crippen molar-refractivity contribution in [3.8, 4) is 5.75 Å². The minimum atomic E-state index is -0.565. The maximum Gasteiger partial charge on any atom is 0.323 e. The normalized spacial score (nSPS) is 18.1. The molecule has 0 spiro atoms. The predicted molar refractivity (Wildman–Crippen MR) is 143 cm³/mol. The molecule has 38 heavy (non-hydrogen) atoms. The first-order valence-corrected chi connectivity index (χ1v) is 12.7. The smallest absolute Gasteiger partial charge is 0.323 e. The fourth-order valence-corrected chi connectivity index (χ4v) is 4.20. The third kappa shape index (κ3) is 6.55. The van der Waals surface area contributed by atoms with Gasteiger partial charge in [-0.15, -0.1) is 0 Å². The molecule has 12 nitrogen and oxygen atoms in total. The van der Waals surface area contributed by atoms with Crippen molar-refractivity contribution < 1.29 is 28.8 Å². The van der Waals surface area contributed by atoms with Gasteiger partial charge < -0.3 is 40.1 Å². The van der Waals surface area contributed by atoms with Gasteiger partial charge in [0.2, 0.25) is 0 Å². The van der Waals surface area contributed by atoms with E-state index in [1.807, 2.05) is 20.8 Å². The number of nitrogens with zero attached hydrogens (tertiary/aromatic N) is 3. The molecule has 0 saturated carbocycles. The highest BCUT2D eigenvalue weighted by molar-refractivity contribution is 6.04. The minimum Gasteiger partial charge on any atom is -0.485 e. The van der Waals surface area contributed by atoms with Crippen molar-refractivity contribution in [1.82, 2.24) is 20.3 Å². The Kier molecular flexibility index (Phi) is 9.21. The number of nitrogens with one attached hydrogen (secondary N) is 3. The lowest BCUT2D eigenvalue weighted by atomic mass is 9.99. The van der Waals surface area contributed by atoms with E-state index in [-0.39, 0.29) is 54.1 Å². The van der Waals surface area contributed by atoms with Crippen LogP contribution in [-0.4, -0.2) is 83.0 Å². The molecule has 0 fully saturated rings. The molecular formula is C26H38N6O6. The number of fused-ring (bicyclic) bond motifs is 1. The number of amides is 5. The summed E-state index contributed by atoms with van der Waals surface area (Å²) >= 11 is 0. The van der Waals surface area contributed by atoms with Gasteiger partial charge in [-0.05, 0) is 46.8 Å². The number of para-hydroxylation sites is 1. The van der Waals surface area contributed by atoms with Gasteiger partial charge >= 0.3 is 12.1 Å². The van der Waals surface area contributed by atoms with Gasteiger partial charge in [-0.3, -0.25) is 4.79 Å². The van der Waals surface area contributed by atoms with E-state index in [0.29, 0.717) is 23.7 Å². The summed E-state index contributed by atoms with van der Waals surface area (Å²) in [4.78, 5) is 42.2. The van der Waals surface area contributed by atoms with Gasteiger partial charge in [0.05, 0.1) is 30.4 Å². The van der Waals surface area contributed by atoms with E-state index in [2.05, 4.69) is 21.1 Å². The molecule has 2 heterocycles. The van der Waals surface area contributed by atoms with E-state index < -0.39 is 18.2 Å². The predicted octanol–water partition coefficient (Wildman–Crippen LogP) is 3.21. The molecule has 3 atom stereocenters. The molecule has 1 aromatic heterocycles. The molecule has 208 valence electrons. The number of aliphatic hydroxyl groups excluding tert-OH is 1. The number of hydrogen-bond acceptors (Lipinski definition) is 7. The van der Waals surface area contributed by atoms with Crippen LogP contribution in [0.4, 0.5) is 21.0 Å². The van der Waals surface area contributed by atoms with Crippen LogP contribution < -0.4 is 20.7 Å². The highest BCUT2D eigenvalue weighted by Gasteiger charge is 2.35. The Bertz CT molecular complexity index is 1150. The molecule has 0 radical (unpaired) electrons. The van der Waals surface area contributed by atoms with Crippen LogP contribution in [0.5, 0.6) is 5.75 Å². The molecule has 2 aromatic rings. The third-order valence-electron chi connectivity index (χ3n) is 6.42. The maximum atomic E-state index is 13.6. The number of carbonyl (C=O) groups excluding carboxylic acids is 3. The first-order valence-electron chi connectivity index (χ1n) is 12.7. The van der Waals surface area contributed by atoms with E-state index in [9.17, 15) is 19.5 Å². The number of rotatable bonds is 7. The van der Waals surface area contributed by atoms with Gasteiger partial charge in [0.1, 0.15) is 17.5 Å². The van der Waals surface area contributed by atoms with Crippen LogP contribution in [0.15, 0.2) is 22.7 Å².